The third kappa shape index (κ3) is 3.28. The van der Waals surface area contributed by atoms with Crippen LogP contribution in [0.5, 0.6) is 0 Å². The number of ether oxygens (including phenoxy) is 1. The predicted molar refractivity (Wildman–Crippen MR) is 82.9 cm³/mol. The SMILES string of the molecule is Cn1c(CCCOCc2ccccc2)nc2cccnc21. The molecule has 2 heterocycles. The molecule has 108 valence electrons. The van der Waals surface area contributed by atoms with Crippen LogP contribution in [0.3, 0.4) is 0 Å². The molecule has 0 amide bonds. The normalized spacial score (nSPS) is 11.1. The van der Waals surface area contributed by atoms with Gasteiger partial charge >= 0.3 is 0 Å². The first-order chi connectivity index (χ1) is 10.3. The van der Waals surface area contributed by atoms with Gasteiger partial charge in [0.1, 0.15) is 11.3 Å². The van der Waals surface area contributed by atoms with Gasteiger partial charge in [-0.15, -0.1) is 0 Å². The van der Waals surface area contributed by atoms with Crippen molar-refractivity contribution in [3.63, 3.8) is 0 Å². The zero-order valence-corrected chi connectivity index (χ0v) is 12.2. The molecule has 0 fully saturated rings. The molecule has 4 nitrogen and oxygen atoms in total. The number of benzene rings is 1. The third-order valence-electron chi connectivity index (χ3n) is 3.52. The molecule has 3 aromatic rings. The van der Waals surface area contributed by atoms with Crippen LogP contribution in [0.4, 0.5) is 0 Å². The molecule has 0 atom stereocenters. The second kappa shape index (κ2) is 6.50. The van der Waals surface area contributed by atoms with Gasteiger partial charge in [-0.2, -0.15) is 0 Å². The minimum atomic E-state index is 0.672. The standard InChI is InChI=1S/C17H19N3O/c1-20-16(19-15-9-5-11-18-17(15)20)10-6-12-21-13-14-7-3-2-4-8-14/h2-5,7-9,11H,6,10,12-13H2,1H3. The Morgan fingerprint density at radius 2 is 1.95 bits per heavy atom. The molecular formula is C17H19N3O. The number of imidazole rings is 1. The maximum absolute atomic E-state index is 5.70. The number of rotatable bonds is 6. The van der Waals surface area contributed by atoms with Crippen molar-refractivity contribution in [1.82, 2.24) is 14.5 Å². The summed E-state index contributed by atoms with van der Waals surface area (Å²) in [6.07, 6.45) is 3.67. The molecule has 0 radical (unpaired) electrons. The minimum Gasteiger partial charge on any atom is -0.377 e. The maximum Gasteiger partial charge on any atom is 0.159 e. The van der Waals surface area contributed by atoms with Crippen LogP contribution in [0.15, 0.2) is 48.7 Å². The molecule has 0 spiro atoms. The Balaban J connectivity index is 1.49. The summed E-state index contributed by atoms with van der Waals surface area (Å²) in [6, 6.07) is 14.2. The van der Waals surface area contributed by atoms with Crippen molar-refractivity contribution in [3.05, 3.63) is 60.0 Å². The average molecular weight is 281 g/mol. The lowest BCUT2D eigenvalue weighted by molar-refractivity contribution is 0.118. The smallest absolute Gasteiger partial charge is 0.159 e. The summed E-state index contributed by atoms with van der Waals surface area (Å²) in [5.74, 6) is 1.06. The second-order valence-electron chi connectivity index (χ2n) is 5.07. The van der Waals surface area contributed by atoms with E-state index in [2.05, 4.69) is 26.7 Å². The Labute approximate surface area is 124 Å². The largest absolute Gasteiger partial charge is 0.377 e. The summed E-state index contributed by atoms with van der Waals surface area (Å²) in [5, 5.41) is 0. The van der Waals surface area contributed by atoms with Gasteiger partial charge in [0.05, 0.1) is 6.61 Å². The van der Waals surface area contributed by atoms with Crippen LogP contribution in [0.2, 0.25) is 0 Å². The molecule has 2 aromatic heterocycles. The highest BCUT2D eigenvalue weighted by atomic mass is 16.5. The molecule has 0 unspecified atom stereocenters. The number of hydrogen-bond acceptors (Lipinski definition) is 3. The number of aryl methyl sites for hydroxylation is 2. The first kappa shape index (κ1) is 13.8. The van der Waals surface area contributed by atoms with Crippen molar-refractivity contribution in [3.8, 4) is 0 Å². The lowest BCUT2D eigenvalue weighted by atomic mass is 10.2. The molecule has 0 saturated carbocycles. The van der Waals surface area contributed by atoms with Crippen molar-refractivity contribution in [2.24, 2.45) is 7.05 Å². The third-order valence-corrected chi connectivity index (χ3v) is 3.52. The Bertz CT molecular complexity index is 706. The number of fused-ring (bicyclic) bond motifs is 1. The van der Waals surface area contributed by atoms with Crippen molar-refractivity contribution < 1.29 is 4.74 Å². The van der Waals surface area contributed by atoms with E-state index in [-0.39, 0.29) is 0 Å². The monoisotopic (exact) mass is 281 g/mol. The van der Waals surface area contributed by atoms with Gasteiger partial charge in [-0.3, -0.25) is 0 Å². The highest BCUT2D eigenvalue weighted by Gasteiger charge is 2.07. The van der Waals surface area contributed by atoms with E-state index in [1.54, 1.807) is 6.20 Å². The lowest BCUT2D eigenvalue weighted by Crippen LogP contribution is -2.02. The van der Waals surface area contributed by atoms with Crippen molar-refractivity contribution in [2.75, 3.05) is 6.61 Å². The van der Waals surface area contributed by atoms with E-state index < -0.39 is 0 Å². The molecular weight excluding hydrogens is 262 g/mol. The van der Waals surface area contributed by atoms with Crippen molar-refractivity contribution in [2.45, 2.75) is 19.4 Å². The molecule has 0 bridgehead atoms. The highest BCUT2D eigenvalue weighted by Crippen LogP contribution is 2.13. The maximum atomic E-state index is 5.70. The molecule has 0 saturated heterocycles. The van der Waals surface area contributed by atoms with Crippen LogP contribution in [-0.4, -0.2) is 21.1 Å². The van der Waals surface area contributed by atoms with Crippen LogP contribution in [-0.2, 0) is 24.8 Å². The molecule has 0 aliphatic carbocycles. The van der Waals surface area contributed by atoms with E-state index in [1.807, 2.05) is 37.4 Å². The van der Waals surface area contributed by atoms with Crippen molar-refractivity contribution in [1.29, 1.82) is 0 Å². The zero-order valence-electron chi connectivity index (χ0n) is 12.2. The van der Waals surface area contributed by atoms with Gasteiger partial charge in [-0.25, -0.2) is 9.97 Å². The minimum absolute atomic E-state index is 0.672. The molecule has 21 heavy (non-hydrogen) atoms. The van der Waals surface area contributed by atoms with E-state index in [0.717, 1.165) is 36.4 Å². The highest BCUT2D eigenvalue weighted by molar-refractivity contribution is 5.70. The van der Waals surface area contributed by atoms with E-state index >= 15 is 0 Å². The summed E-state index contributed by atoms with van der Waals surface area (Å²) >= 11 is 0. The summed E-state index contributed by atoms with van der Waals surface area (Å²) in [4.78, 5) is 8.97. The molecule has 0 aliphatic heterocycles. The van der Waals surface area contributed by atoms with Crippen LogP contribution < -0.4 is 0 Å². The Morgan fingerprint density at radius 1 is 1.10 bits per heavy atom. The van der Waals surface area contributed by atoms with Gasteiger partial charge in [0.25, 0.3) is 0 Å². The van der Waals surface area contributed by atoms with Gasteiger partial charge in [0.2, 0.25) is 0 Å². The summed E-state index contributed by atoms with van der Waals surface area (Å²) < 4.78 is 7.76. The summed E-state index contributed by atoms with van der Waals surface area (Å²) in [7, 11) is 2.02. The summed E-state index contributed by atoms with van der Waals surface area (Å²) in [5.41, 5.74) is 3.11. The zero-order chi connectivity index (χ0) is 14.5. The Hall–Kier alpha value is -2.20. The van der Waals surface area contributed by atoms with E-state index in [4.69, 9.17) is 4.74 Å². The molecule has 0 N–H and O–H groups in total. The van der Waals surface area contributed by atoms with Crippen LogP contribution in [0, 0.1) is 0 Å². The summed E-state index contributed by atoms with van der Waals surface area (Å²) in [6.45, 7) is 1.41. The van der Waals surface area contributed by atoms with E-state index in [1.165, 1.54) is 5.56 Å². The number of pyridine rings is 1. The topological polar surface area (TPSA) is 39.9 Å². The van der Waals surface area contributed by atoms with Gasteiger partial charge in [-0.1, -0.05) is 30.3 Å². The van der Waals surface area contributed by atoms with Crippen LogP contribution in [0.1, 0.15) is 17.8 Å². The van der Waals surface area contributed by atoms with E-state index in [0.29, 0.717) is 6.61 Å². The predicted octanol–water partition coefficient (Wildman–Crippen LogP) is 3.12. The van der Waals surface area contributed by atoms with E-state index in [9.17, 15) is 0 Å². The number of aromatic nitrogens is 3. The molecule has 4 heteroatoms. The van der Waals surface area contributed by atoms with Crippen molar-refractivity contribution >= 4 is 11.2 Å². The average Bonchev–Trinajstić information content (AvgIpc) is 2.85. The molecule has 3 rings (SSSR count). The number of nitrogens with zero attached hydrogens (tertiary/aromatic N) is 3. The molecule has 0 aliphatic rings. The fourth-order valence-electron chi connectivity index (χ4n) is 2.39. The Kier molecular flexibility index (Phi) is 4.26. The Morgan fingerprint density at radius 3 is 2.76 bits per heavy atom. The van der Waals surface area contributed by atoms with Gasteiger partial charge < -0.3 is 9.30 Å². The first-order valence-electron chi connectivity index (χ1n) is 7.22. The molecule has 1 aromatic carbocycles. The fraction of sp³-hybridized carbons (Fsp3) is 0.294. The lowest BCUT2D eigenvalue weighted by Gasteiger charge is -2.04. The van der Waals surface area contributed by atoms with Crippen LogP contribution >= 0.6 is 0 Å². The second-order valence-corrected chi connectivity index (χ2v) is 5.07. The first-order valence-corrected chi connectivity index (χ1v) is 7.22. The quantitative estimate of drug-likeness (QED) is 0.652. The van der Waals surface area contributed by atoms with Crippen LogP contribution in [0.25, 0.3) is 11.2 Å². The van der Waals surface area contributed by atoms with Gasteiger partial charge in [-0.05, 0) is 24.1 Å². The van der Waals surface area contributed by atoms with Gasteiger partial charge in [0, 0.05) is 26.3 Å². The fourth-order valence-corrected chi connectivity index (χ4v) is 2.39. The van der Waals surface area contributed by atoms with Gasteiger partial charge in [0.15, 0.2) is 5.65 Å². The number of hydrogen-bond donors (Lipinski definition) is 0.